The first-order chi connectivity index (χ1) is 16.6. The van der Waals surface area contributed by atoms with E-state index in [0.29, 0.717) is 0 Å². The lowest BCUT2D eigenvalue weighted by atomic mass is 10.2. The Hall–Kier alpha value is -3.10. The molecule has 0 heterocycles. The molecule has 0 bridgehead atoms. The summed E-state index contributed by atoms with van der Waals surface area (Å²) >= 11 is 0. The lowest BCUT2D eigenvalue weighted by molar-refractivity contribution is 0.271. The molecule has 3 aromatic rings. The maximum Gasteiger partial charge on any atom is 0.115 e. The number of aromatic hydroxyl groups is 3. The number of rotatable bonds is 15. The zero-order chi connectivity index (χ0) is 24.0. The maximum atomic E-state index is 9.42. The standard InChI is InChI=1S/C27H36N4O3/c32-25-7-1-22(2-8-25)19-28-13-16-31(17-14-29-20-23-3-9-26(33)10-4-23)18-15-30-21-24-5-11-27(34)12-6-24/h1-12,28-30,32-34H,13-21H2. The highest BCUT2D eigenvalue weighted by molar-refractivity contribution is 5.27. The van der Waals surface area contributed by atoms with Gasteiger partial charge in [0.1, 0.15) is 17.2 Å². The molecule has 3 rings (SSSR count). The van der Waals surface area contributed by atoms with Crippen molar-refractivity contribution >= 4 is 0 Å². The van der Waals surface area contributed by atoms with Gasteiger partial charge in [0.2, 0.25) is 0 Å². The van der Waals surface area contributed by atoms with E-state index in [0.717, 1.165) is 75.6 Å². The van der Waals surface area contributed by atoms with Crippen molar-refractivity contribution in [3.05, 3.63) is 89.5 Å². The lowest BCUT2D eigenvalue weighted by Gasteiger charge is -2.23. The second kappa shape index (κ2) is 14.2. The molecule has 3 aromatic carbocycles. The van der Waals surface area contributed by atoms with Crippen molar-refractivity contribution in [2.24, 2.45) is 0 Å². The van der Waals surface area contributed by atoms with Crippen LogP contribution in [0.5, 0.6) is 17.2 Å². The molecule has 7 nitrogen and oxygen atoms in total. The minimum atomic E-state index is 0.287. The normalized spacial score (nSPS) is 11.2. The number of phenols is 3. The van der Waals surface area contributed by atoms with Gasteiger partial charge >= 0.3 is 0 Å². The van der Waals surface area contributed by atoms with Crippen LogP contribution in [-0.2, 0) is 19.6 Å². The predicted molar refractivity (Wildman–Crippen MR) is 136 cm³/mol. The van der Waals surface area contributed by atoms with E-state index in [1.54, 1.807) is 36.4 Å². The Bertz CT molecular complexity index is 820. The molecule has 0 saturated carbocycles. The van der Waals surface area contributed by atoms with E-state index in [4.69, 9.17) is 0 Å². The molecule has 0 aliphatic rings. The molecular formula is C27H36N4O3. The van der Waals surface area contributed by atoms with Gasteiger partial charge in [0.05, 0.1) is 0 Å². The zero-order valence-electron chi connectivity index (χ0n) is 19.6. The SMILES string of the molecule is Oc1ccc(CNCCN(CCNCc2ccc(O)cc2)CCNCc2ccc(O)cc2)cc1. The smallest absolute Gasteiger partial charge is 0.115 e. The van der Waals surface area contributed by atoms with E-state index in [9.17, 15) is 15.3 Å². The van der Waals surface area contributed by atoms with Gasteiger partial charge in [-0.2, -0.15) is 0 Å². The highest BCUT2D eigenvalue weighted by Gasteiger charge is 2.05. The molecule has 7 heteroatoms. The average Bonchev–Trinajstić information content (AvgIpc) is 2.85. The van der Waals surface area contributed by atoms with Gasteiger partial charge in [0.25, 0.3) is 0 Å². The Morgan fingerprint density at radius 2 is 0.706 bits per heavy atom. The van der Waals surface area contributed by atoms with Gasteiger partial charge in [-0.05, 0) is 53.1 Å². The molecule has 0 aliphatic heterocycles. The van der Waals surface area contributed by atoms with Crippen LogP contribution in [0, 0.1) is 0 Å². The van der Waals surface area contributed by atoms with E-state index in [2.05, 4.69) is 20.9 Å². The summed E-state index contributed by atoms with van der Waals surface area (Å²) in [5, 5.41) is 38.7. The maximum absolute atomic E-state index is 9.42. The fraction of sp³-hybridized carbons (Fsp3) is 0.333. The van der Waals surface area contributed by atoms with Crippen LogP contribution in [0.15, 0.2) is 72.8 Å². The summed E-state index contributed by atoms with van der Waals surface area (Å²) in [6, 6.07) is 21.9. The molecule has 0 spiro atoms. The van der Waals surface area contributed by atoms with Gasteiger partial charge in [-0.25, -0.2) is 0 Å². The number of nitrogens with one attached hydrogen (secondary N) is 3. The van der Waals surface area contributed by atoms with Crippen LogP contribution >= 0.6 is 0 Å². The Labute approximate surface area is 202 Å². The summed E-state index contributed by atoms with van der Waals surface area (Å²) < 4.78 is 0. The van der Waals surface area contributed by atoms with Crippen LogP contribution in [0.25, 0.3) is 0 Å². The summed E-state index contributed by atoms with van der Waals surface area (Å²) in [5.41, 5.74) is 3.45. The molecule has 0 atom stereocenters. The second-order valence-electron chi connectivity index (χ2n) is 8.37. The average molecular weight is 465 g/mol. The van der Waals surface area contributed by atoms with Crippen molar-refractivity contribution in [1.29, 1.82) is 0 Å². The first kappa shape index (κ1) is 25.5. The summed E-state index contributed by atoms with van der Waals surface area (Å²) in [7, 11) is 0. The van der Waals surface area contributed by atoms with E-state index in [1.807, 2.05) is 36.4 Å². The van der Waals surface area contributed by atoms with E-state index in [1.165, 1.54) is 0 Å². The van der Waals surface area contributed by atoms with Gasteiger partial charge < -0.3 is 31.3 Å². The van der Waals surface area contributed by atoms with Crippen molar-refractivity contribution in [3.8, 4) is 17.2 Å². The molecule has 34 heavy (non-hydrogen) atoms. The van der Waals surface area contributed by atoms with Gasteiger partial charge in [0, 0.05) is 58.9 Å². The lowest BCUT2D eigenvalue weighted by Crippen LogP contribution is -2.40. The first-order valence-electron chi connectivity index (χ1n) is 11.8. The van der Waals surface area contributed by atoms with Crippen LogP contribution in [0.2, 0.25) is 0 Å². The molecule has 0 aromatic heterocycles. The van der Waals surface area contributed by atoms with Gasteiger partial charge in [0.15, 0.2) is 0 Å². The van der Waals surface area contributed by atoms with Gasteiger partial charge in [-0.15, -0.1) is 0 Å². The van der Waals surface area contributed by atoms with Crippen LogP contribution in [0.4, 0.5) is 0 Å². The Balaban J connectivity index is 1.39. The molecule has 0 saturated heterocycles. The number of hydrogen-bond donors (Lipinski definition) is 6. The molecular weight excluding hydrogens is 428 g/mol. The number of benzene rings is 3. The minimum absolute atomic E-state index is 0.287. The molecule has 0 unspecified atom stereocenters. The number of hydrogen-bond acceptors (Lipinski definition) is 7. The Morgan fingerprint density at radius 3 is 0.971 bits per heavy atom. The van der Waals surface area contributed by atoms with Crippen LogP contribution < -0.4 is 16.0 Å². The van der Waals surface area contributed by atoms with E-state index < -0.39 is 0 Å². The Morgan fingerprint density at radius 1 is 0.441 bits per heavy atom. The number of phenolic OH excluding ortho intramolecular Hbond substituents is 3. The molecule has 0 fully saturated rings. The van der Waals surface area contributed by atoms with Crippen molar-refractivity contribution in [1.82, 2.24) is 20.9 Å². The van der Waals surface area contributed by atoms with Crippen molar-refractivity contribution < 1.29 is 15.3 Å². The zero-order valence-corrected chi connectivity index (χ0v) is 19.6. The largest absolute Gasteiger partial charge is 0.508 e. The fourth-order valence-electron chi connectivity index (χ4n) is 3.59. The third-order valence-electron chi connectivity index (χ3n) is 5.61. The first-order valence-corrected chi connectivity index (χ1v) is 11.8. The van der Waals surface area contributed by atoms with Crippen molar-refractivity contribution in [2.75, 3.05) is 39.3 Å². The molecule has 182 valence electrons. The monoisotopic (exact) mass is 464 g/mol. The van der Waals surface area contributed by atoms with Crippen LogP contribution in [-0.4, -0.2) is 59.5 Å². The van der Waals surface area contributed by atoms with E-state index in [-0.39, 0.29) is 17.2 Å². The van der Waals surface area contributed by atoms with Gasteiger partial charge in [-0.3, -0.25) is 4.90 Å². The fourth-order valence-corrected chi connectivity index (χ4v) is 3.59. The third-order valence-corrected chi connectivity index (χ3v) is 5.61. The minimum Gasteiger partial charge on any atom is -0.508 e. The summed E-state index contributed by atoms with van der Waals surface area (Å²) in [4.78, 5) is 2.43. The Kier molecular flexibility index (Phi) is 10.7. The third kappa shape index (κ3) is 9.80. The second-order valence-corrected chi connectivity index (χ2v) is 8.37. The molecule has 6 N–H and O–H groups in total. The van der Waals surface area contributed by atoms with Crippen molar-refractivity contribution in [2.45, 2.75) is 19.6 Å². The summed E-state index contributed by atoms with van der Waals surface area (Å²) in [6.07, 6.45) is 0. The quantitative estimate of drug-likeness (QED) is 0.192. The predicted octanol–water partition coefficient (Wildman–Crippen LogP) is 2.77. The molecule has 0 radical (unpaired) electrons. The highest BCUT2D eigenvalue weighted by Crippen LogP contribution is 2.10. The molecule has 0 amide bonds. The van der Waals surface area contributed by atoms with E-state index >= 15 is 0 Å². The van der Waals surface area contributed by atoms with Crippen LogP contribution in [0.3, 0.4) is 0 Å². The topological polar surface area (TPSA) is 100 Å². The van der Waals surface area contributed by atoms with Crippen molar-refractivity contribution in [3.63, 3.8) is 0 Å². The summed E-state index contributed by atoms with van der Waals surface area (Å²) in [6.45, 7) is 7.72. The number of nitrogens with zero attached hydrogens (tertiary/aromatic N) is 1. The van der Waals surface area contributed by atoms with Gasteiger partial charge in [-0.1, -0.05) is 36.4 Å². The molecule has 0 aliphatic carbocycles. The van der Waals surface area contributed by atoms with Crippen LogP contribution in [0.1, 0.15) is 16.7 Å². The summed E-state index contributed by atoms with van der Waals surface area (Å²) in [5.74, 6) is 0.860. The highest BCUT2D eigenvalue weighted by atomic mass is 16.3.